The van der Waals surface area contributed by atoms with Gasteiger partial charge in [-0.1, -0.05) is 18.2 Å². The van der Waals surface area contributed by atoms with Crippen LogP contribution in [0.15, 0.2) is 60.8 Å². The summed E-state index contributed by atoms with van der Waals surface area (Å²) < 4.78 is 15.1. The molecule has 1 aliphatic rings. The van der Waals surface area contributed by atoms with Crippen LogP contribution in [0.3, 0.4) is 0 Å². The second kappa shape index (κ2) is 9.67. The summed E-state index contributed by atoms with van der Waals surface area (Å²) in [5.74, 6) is -0.334. The topological polar surface area (TPSA) is 59.0 Å². The number of amides is 1. The minimum atomic E-state index is -0.297. The molecular formula is C22H24ClFN4O. The van der Waals surface area contributed by atoms with Crippen LogP contribution in [0.2, 0.25) is 0 Å². The van der Waals surface area contributed by atoms with Crippen molar-refractivity contribution in [3.05, 3.63) is 72.2 Å². The SMILES string of the molecule is Cl.O=C(Cc1cn(-c2ccccc2)nc1-c1ccc(F)cc1)NCC1CCCN1. The van der Waals surface area contributed by atoms with Gasteiger partial charge >= 0.3 is 0 Å². The van der Waals surface area contributed by atoms with Crippen LogP contribution in [0.4, 0.5) is 4.39 Å². The molecule has 1 aliphatic heterocycles. The molecule has 7 heteroatoms. The van der Waals surface area contributed by atoms with Crippen LogP contribution in [-0.4, -0.2) is 34.8 Å². The number of para-hydroxylation sites is 1. The van der Waals surface area contributed by atoms with E-state index >= 15 is 0 Å². The average molecular weight is 415 g/mol. The van der Waals surface area contributed by atoms with E-state index in [-0.39, 0.29) is 30.6 Å². The third kappa shape index (κ3) is 5.22. The molecule has 2 heterocycles. The first-order chi connectivity index (χ1) is 13.7. The molecule has 0 bridgehead atoms. The Labute approximate surface area is 175 Å². The molecular weight excluding hydrogens is 391 g/mol. The van der Waals surface area contributed by atoms with E-state index in [1.807, 2.05) is 36.5 Å². The number of aromatic nitrogens is 2. The molecule has 1 aromatic heterocycles. The van der Waals surface area contributed by atoms with Gasteiger partial charge in [-0.25, -0.2) is 9.07 Å². The minimum Gasteiger partial charge on any atom is -0.354 e. The lowest BCUT2D eigenvalue weighted by molar-refractivity contribution is -0.120. The molecule has 1 saturated heterocycles. The van der Waals surface area contributed by atoms with Crippen LogP contribution in [0, 0.1) is 5.82 Å². The Morgan fingerprint density at radius 1 is 1.17 bits per heavy atom. The largest absolute Gasteiger partial charge is 0.354 e. The summed E-state index contributed by atoms with van der Waals surface area (Å²) in [6.07, 6.45) is 4.35. The zero-order valence-corrected chi connectivity index (χ0v) is 16.8. The number of carbonyl (C=O) groups excluding carboxylic acids is 1. The van der Waals surface area contributed by atoms with E-state index < -0.39 is 0 Å². The highest BCUT2D eigenvalue weighted by Crippen LogP contribution is 2.24. The molecule has 2 aromatic carbocycles. The van der Waals surface area contributed by atoms with Crippen molar-refractivity contribution in [3.8, 4) is 16.9 Å². The Hall–Kier alpha value is -2.70. The average Bonchev–Trinajstić information content (AvgIpc) is 3.38. The number of hydrogen-bond donors (Lipinski definition) is 2. The van der Waals surface area contributed by atoms with Crippen molar-refractivity contribution in [3.63, 3.8) is 0 Å². The molecule has 3 aromatic rings. The van der Waals surface area contributed by atoms with Crippen molar-refractivity contribution in [1.29, 1.82) is 0 Å². The van der Waals surface area contributed by atoms with Crippen LogP contribution in [0.1, 0.15) is 18.4 Å². The quantitative estimate of drug-likeness (QED) is 0.649. The number of benzene rings is 2. The zero-order chi connectivity index (χ0) is 19.3. The second-order valence-electron chi connectivity index (χ2n) is 7.06. The molecule has 1 unspecified atom stereocenters. The summed E-state index contributed by atoms with van der Waals surface area (Å²) in [5.41, 5.74) is 3.20. The molecule has 0 radical (unpaired) electrons. The molecule has 1 fully saturated rings. The Kier molecular flexibility index (Phi) is 7.01. The predicted octanol–water partition coefficient (Wildman–Crippen LogP) is 3.51. The normalized spacial score (nSPS) is 15.7. The summed E-state index contributed by atoms with van der Waals surface area (Å²) in [5, 5.41) is 11.1. The van der Waals surface area contributed by atoms with Crippen molar-refractivity contribution in [1.82, 2.24) is 20.4 Å². The van der Waals surface area contributed by atoms with Gasteiger partial charge in [0.1, 0.15) is 5.82 Å². The van der Waals surface area contributed by atoms with E-state index in [1.54, 1.807) is 16.8 Å². The summed E-state index contributed by atoms with van der Waals surface area (Å²) >= 11 is 0. The van der Waals surface area contributed by atoms with Gasteiger partial charge in [-0.15, -0.1) is 12.4 Å². The van der Waals surface area contributed by atoms with Crippen LogP contribution < -0.4 is 10.6 Å². The minimum absolute atomic E-state index is 0. The molecule has 2 N–H and O–H groups in total. The molecule has 1 amide bonds. The Morgan fingerprint density at radius 2 is 1.93 bits per heavy atom. The van der Waals surface area contributed by atoms with Crippen molar-refractivity contribution < 1.29 is 9.18 Å². The van der Waals surface area contributed by atoms with Crippen LogP contribution in [0.25, 0.3) is 16.9 Å². The van der Waals surface area contributed by atoms with Crippen LogP contribution in [-0.2, 0) is 11.2 Å². The molecule has 152 valence electrons. The highest BCUT2D eigenvalue weighted by atomic mass is 35.5. The smallest absolute Gasteiger partial charge is 0.224 e. The second-order valence-corrected chi connectivity index (χ2v) is 7.06. The Balaban J connectivity index is 0.00000240. The molecule has 4 rings (SSSR count). The number of nitrogens with one attached hydrogen (secondary N) is 2. The number of carbonyl (C=O) groups is 1. The van der Waals surface area contributed by atoms with Gasteiger partial charge in [0.05, 0.1) is 17.8 Å². The number of hydrogen-bond acceptors (Lipinski definition) is 3. The molecule has 0 spiro atoms. The standard InChI is InChI=1S/C22H23FN4O.ClH/c23-18-10-8-16(9-11-18)22-17(13-21(28)25-14-19-5-4-12-24-19)15-27(26-22)20-6-2-1-3-7-20;/h1-3,6-11,15,19,24H,4-5,12-14H2,(H,25,28);1H. The number of rotatable bonds is 6. The van der Waals surface area contributed by atoms with Crippen LogP contribution >= 0.6 is 12.4 Å². The fourth-order valence-electron chi connectivity index (χ4n) is 3.51. The van der Waals surface area contributed by atoms with Gasteiger partial charge in [0.2, 0.25) is 5.91 Å². The van der Waals surface area contributed by atoms with Crippen LogP contribution in [0.5, 0.6) is 0 Å². The first-order valence-electron chi connectivity index (χ1n) is 9.59. The summed E-state index contributed by atoms with van der Waals surface area (Å²) in [4.78, 5) is 12.5. The maximum Gasteiger partial charge on any atom is 0.224 e. The van der Waals surface area contributed by atoms with Gasteiger partial charge in [0.15, 0.2) is 0 Å². The van der Waals surface area contributed by atoms with E-state index in [9.17, 15) is 9.18 Å². The van der Waals surface area contributed by atoms with Crippen molar-refractivity contribution in [2.24, 2.45) is 0 Å². The summed E-state index contributed by atoms with van der Waals surface area (Å²) in [6, 6.07) is 16.3. The van der Waals surface area contributed by atoms with Gasteiger partial charge in [-0.3, -0.25) is 4.79 Å². The van der Waals surface area contributed by atoms with E-state index in [0.29, 0.717) is 18.3 Å². The third-order valence-corrected chi connectivity index (χ3v) is 4.99. The molecule has 0 saturated carbocycles. The Morgan fingerprint density at radius 3 is 2.62 bits per heavy atom. The zero-order valence-electron chi connectivity index (χ0n) is 16.0. The third-order valence-electron chi connectivity index (χ3n) is 4.99. The first kappa shape index (κ1) is 21.0. The molecule has 5 nitrogen and oxygen atoms in total. The fourth-order valence-corrected chi connectivity index (χ4v) is 3.51. The lowest BCUT2D eigenvalue weighted by Crippen LogP contribution is -2.37. The summed E-state index contributed by atoms with van der Waals surface area (Å²) in [7, 11) is 0. The van der Waals surface area contributed by atoms with Gasteiger partial charge < -0.3 is 10.6 Å². The maximum absolute atomic E-state index is 13.3. The predicted molar refractivity (Wildman–Crippen MR) is 114 cm³/mol. The molecule has 0 aliphatic carbocycles. The number of halogens is 2. The van der Waals surface area contributed by atoms with Crippen molar-refractivity contribution >= 4 is 18.3 Å². The highest BCUT2D eigenvalue weighted by molar-refractivity contribution is 5.85. The van der Waals surface area contributed by atoms with E-state index in [4.69, 9.17) is 0 Å². The molecule has 29 heavy (non-hydrogen) atoms. The summed E-state index contributed by atoms with van der Waals surface area (Å²) in [6.45, 7) is 1.65. The Bertz CT molecular complexity index is 937. The van der Waals surface area contributed by atoms with E-state index in [2.05, 4.69) is 15.7 Å². The molecule has 1 atom stereocenters. The highest BCUT2D eigenvalue weighted by Gasteiger charge is 2.18. The van der Waals surface area contributed by atoms with Crippen molar-refractivity contribution in [2.45, 2.75) is 25.3 Å². The van der Waals surface area contributed by atoms with Gasteiger partial charge in [0, 0.05) is 29.9 Å². The van der Waals surface area contributed by atoms with E-state index in [1.165, 1.54) is 12.1 Å². The maximum atomic E-state index is 13.3. The number of nitrogens with zero attached hydrogens (tertiary/aromatic N) is 2. The van der Waals surface area contributed by atoms with Gasteiger partial charge in [0.25, 0.3) is 0 Å². The van der Waals surface area contributed by atoms with Gasteiger partial charge in [-0.05, 0) is 55.8 Å². The van der Waals surface area contributed by atoms with Crippen molar-refractivity contribution in [2.75, 3.05) is 13.1 Å². The van der Waals surface area contributed by atoms with E-state index in [0.717, 1.165) is 36.2 Å². The lowest BCUT2D eigenvalue weighted by Gasteiger charge is -2.11. The fraction of sp³-hybridized carbons (Fsp3) is 0.273. The lowest BCUT2D eigenvalue weighted by atomic mass is 10.1. The monoisotopic (exact) mass is 414 g/mol. The first-order valence-corrected chi connectivity index (χ1v) is 9.59. The van der Waals surface area contributed by atoms with Gasteiger partial charge in [-0.2, -0.15) is 5.10 Å².